The van der Waals surface area contributed by atoms with Crippen molar-refractivity contribution in [2.24, 2.45) is 0 Å². The first-order chi connectivity index (χ1) is 13.0. The molecule has 8 nitrogen and oxygen atoms in total. The van der Waals surface area contributed by atoms with Crippen LogP contribution in [0, 0.1) is 6.92 Å². The molecule has 0 aliphatic rings. The van der Waals surface area contributed by atoms with E-state index in [0.29, 0.717) is 23.7 Å². The van der Waals surface area contributed by atoms with Gasteiger partial charge in [0, 0.05) is 17.4 Å². The highest BCUT2D eigenvalue weighted by atomic mass is 16.5. The van der Waals surface area contributed by atoms with Crippen LogP contribution in [0.2, 0.25) is 0 Å². The Hall–Kier alpha value is -3.55. The van der Waals surface area contributed by atoms with Crippen LogP contribution in [0.15, 0.2) is 57.7 Å². The van der Waals surface area contributed by atoms with Gasteiger partial charge in [0.15, 0.2) is 11.6 Å². The van der Waals surface area contributed by atoms with Crippen LogP contribution in [-0.2, 0) is 4.79 Å². The van der Waals surface area contributed by atoms with Crippen molar-refractivity contribution in [3.05, 3.63) is 60.2 Å². The molecule has 0 spiro atoms. The number of rotatable bonds is 7. The maximum absolute atomic E-state index is 12.4. The molecule has 3 rings (SSSR count). The fourth-order valence-corrected chi connectivity index (χ4v) is 2.44. The highest BCUT2D eigenvalue weighted by Crippen LogP contribution is 2.17. The summed E-state index contributed by atoms with van der Waals surface area (Å²) < 4.78 is 10.00. The first kappa shape index (κ1) is 18.2. The molecule has 0 unspecified atom stereocenters. The smallest absolute Gasteiger partial charge is 0.291 e. The van der Waals surface area contributed by atoms with Crippen molar-refractivity contribution in [3.63, 3.8) is 0 Å². The molecule has 0 bridgehead atoms. The van der Waals surface area contributed by atoms with Crippen molar-refractivity contribution in [2.75, 3.05) is 16.0 Å². The average molecular weight is 368 g/mol. The zero-order valence-electron chi connectivity index (χ0n) is 15.0. The molecule has 27 heavy (non-hydrogen) atoms. The third-order valence-corrected chi connectivity index (χ3v) is 3.83. The van der Waals surface area contributed by atoms with Crippen LogP contribution in [0.5, 0.6) is 0 Å². The molecule has 1 aromatic carbocycles. The van der Waals surface area contributed by atoms with Crippen LogP contribution in [0.25, 0.3) is 0 Å². The molecule has 3 N–H and O–H groups in total. The van der Waals surface area contributed by atoms with Gasteiger partial charge in [-0.2, -0.15) is 0 Å². The van der Waals surface area contributed by atoms with Crippen molar-refractivity contribution in [1.29, 1.82) is 0 Å². The highest BCUT2D eigenvalue weighted by Gasteiger charge is 2.18. The molecule has 2 heterocycles. The summed E-state index contributed by atoms with van der Waals surface area (Å²) >= 11 is 0. The number of nitrogens with zero attached hydrogens (tertiary/aromatic N) is 1. The summed E-state index contributed by atoms with van der Waals surface area (Å²) in [5, 5.41) is 12.4. The van der Waals surface area contributed by atoms with E-state index in [1.807, 2.05) is 6.92 Å². The Kier molecular flexibility index (Phi) is 5.55. The number of hydrogen-bond donors (Lipinski definition) is 3. The molecule has 140 valence electrons. The van der Waals surface area contributed by atoms with Crippen LogP contribution in [0.4, 0.5) is 17.2 Å². The first-order valence-electron chi connectivity index (χ1n) is 8.51. The number of amides is 2. The molecular formula is C19H20N4O4. The number of benzene rings is 1. The molecule has 0 aliphatic heterocycles. The predicted molar refractivity (Wildman–Crippen MR) is 101 cm³/mol. The van der Waals surface area contributed by atoms with Gasteiger partial charge in [-0.05, 0) is 49.7 Å². The second-order valence-corrected chi connectivity index (χ2v) is 5.93. The van der Waals surface area contributed by atoms with Gasteiger partial charge < -0.3 is 24.9 Å². The first-order valence-corrected chi connectivity index (χ1v) is 8.51. The molecule has 2 amide bonds. The second-order valence-electron chi connectivity index (χ2n) is 5.93. The molecule has 0 radical (unpaired) electrons. The number of anilines is 3. The van der Waals surface area contributed by atoms with Crippen LogP contribution in [0.1, 0.15) is 29.7 Å². The van der Waals surface area contributed by atoms with E-state index in [1.165, 1.54) is 6.26 Å². The van der Waals surface area contributed by atoms with Crippen LogP contribution < -0.4 is 16.0 Å². The molecule has 0 saturated heterocycles. The summed E-state index contributed by atoms with van der Waals surface area (Å²) in [4.78, 5) is 24.3. The maximum Gasteiger partial charge on any atom is 0.291 e. The van der Waals surface area contributed by atoms with Crippen molar-refractivity contribution in [2.45, 2.75) is 26.3 Å². The lowest BCUT2D eigenvalue weighted by atomic mass is 10.2. The number of aromatic nitrogens is 1. The van der Waals surface area contributed by atoms with Crippen LogP contribution in [0.3, 0.4) is 0 Å². The Morgan fingerprint density at radius 1 is 1.11 bits per heavy atom. The van der Waals surface area contributed by atoms with Gasteiger partial charge in [-0.15, -0.1) is 0 Å². The van der Waals surface area contributed by atoms with E-state index >= 15 is 0 Å². The minimum absolute atomic E-state index is 0.207. The minimum Gasteiger partial charge on any atom is -0.459 e. The Balaban J connectivity index is 1.58. The van der Waals surface area contributed by atoms with Gasteiger partial charge in [-0.3, -0.25) is 9.59 Å². The fourth-order valence-electron chi connectivity index (χ4n) is 2.44. The molecule has 0 saturated carbocycles. The van der Waals surface area contributed by atoms with Gasteiger partial charge in [-0.1, -0.05) is 12.1 Å². The van der Waals surface area contributed by atoms with Crippen molar-refractivity contribution >= 4 is 29.0 Å². The normalized spacial score (nSPS) is 11.6. The van der Waals surface area contributed by atoms with Gasteiger partial charge in [0.05, 0.1) is 6.26 Å². The minimum atomic E-state index is -0.439. The number of aryl methyl sites for hydroxylation is 1. The summed E-state index contributed by atoms with van der Waals surface area (Å²) in [6, 6.07) is 11.5. The molecule has 0 fully saturated rings. The average Bonchev–Trinajstić information content (AvgIpc) is 3.33. The molecular weight excluding hydrogens is 348 g/mol. The number of hydrogen-bond acceptors (Lipinski definition) is 6. The fraction of sp³-hybridized carbons (Fsp3) is 0.211. The standard InChI is InChI=1S/C19H20N4O4/c1-3-15(18(24)22-17-11-12(2)27-23-17)20-13-6-8-14(9-7-13)21-19(25)16-5-4-10-26-16/h4-11,15,20H,3H2,1-2H3,(H,21,25)(H,22,23,24)/t15-/m1/s1. The van der Waals surface area contributed by atoms with E-state index in [2.05, 4.69) is 21.1 Å². The number of nitrogens with one attached hydrogen (secondary N) is 3. The van der Waals surface area contributed by atoms with Gasteiger partial charge in [-0.25, -0.2) is 0 Å². The third kappa shape index (κ3) is 4.75. The third-order valence-electron chi connectivity index (χ3n) is 3.83. The SMILES string of the molecule is CC[C@@H](Nc1ccc(NC(=O)c2ccco2)cc1)C(=O)Nc1cc(C)on1. The molecule has 8 heteroatoms. The summed E-state index contributed by atoms with van der Waals surface area (Å²) in [5.74, 6) is 0.714. The molecule has 3 aromatic rings. The van der Waals surface area contributed by atoms with Crippen molar-refractivity contribution in [3.8, 4) is 0 Å². The Bertz CT molecular complexity index is 900. The lowest BCUT2D eigenvalue weighted by molar-refractivity contribution is -0.117. The van der Waals surface area contributed by atoms with Crippen molar-refractivity contribution < 1.29 is 18.5 Å². The maximum atomic E-state index is 12.4. The zero-order valence-corrected chi connectivity index (χ0v) is 15.0. The zero-order chi connectivity index (χ0) is 19.2. The van der Waals surface area contributed by atoms with E-state index in [0.717, 1.165) is 5.69 Å². The van der Waals surface area contributed by atoms with E-state index < -0.39 is 6.04 Å². The number of carbonyl (C=O) groups excluding carboxylic acids is 2. The van der Waals surface area contributed by atoms with E-state index in [4.69, 9.17) is 8.94 Å². The van der Waals surface area contributed by atoms with Gasteiger partial charge in [0.2, 0.25) is 5.91 Å². The van der Waals surface area contributed by atoms with Crippen molar-refractivity contribution in [1.82, 2.24) is 5.16 Å². The molecule has 1 atom stereocenters. The Labute approximate surface area is 155 Å². The lowest BCUT2D eigenvalue weighted by Gasteiger charge is -2.17. The predicted octanol–water partition coefficient (Wildman–Crippen LogP) is 3.66. The lowest BCUT2D eigenvalue weighted by Crippen LogP contribution is -2.34. The largest absolute Gasteiger partial charge is 0.459 e. The van der Waals surface area contributed by atoms with Gasteiger partial charge in [0.25, 0.3) is 5.91 Å². The highest BCUT2D eigenvalue weighted by molar-refractivity contribution is 6.02. The molecule has 0 aliphatic carbocycles. The Morgan fingerprint density at radius 3 is 2.44 bits per heavy atom. The van der Waals surface area contributed by atoms with Crippen LogP contribution in [-0.4, -0.2) is 23.0 Å². The number of furan rings is 1. The summed E-state index contributed by atoms with van der Waals surface area (Å²) in [7, 11) is 0. The second kappa shape index (κ2) is 8.22. The summed E-state index contributed by atoms with van der Waals surface area (Å²) in [6.45, 7) is 3.66. The van der Waals surface area contributed by atoms with E-state index in [1.54, 1.807) is 49.4 Å². The van der Waals surface area contributed by atoms with Crippen LogP contribution >= 0.6 is 0 Å². The monoisotopic (exact) mass is 368 g/mol. The van der Waals surface area contributed by atoms with E-state index in [9.17, 15) is 9.59 Å². The van der Waals surface area contributed by atoms with Gasteiger partial charge in [0.1, 0.15) is 11.8 Å². The quantitative estimate of drug-likeness (QED) is 0.587. The van der Waals surface area contributed by atoms with Gasteiger partial charge >= 0.3 is 0 Å². The topological polar surface area (TPSA) is 109 Å². The summed E-state index contributed by atoms with van der Waals surface area (Å²) in [5.41, 5.74) is 1.38. The number of carbonyl (C=O) groups is 2. The Morgan fingerprint density at radius 2 is 1.85 bits per heavy atom. The summed E-state index contributed by atoms with van der Waals surface area (Å²) in [6.07, 6.45) is 2.03. The molecule has 2 aromatic heterocycles. The van der Waals surface area contributed by atoms with E-state index in [-0.39, 0.29) is 17.6 Å².